The topological polar surface area (TPSA) is 107 Å². The summed E-state index contributed by atoms with van der Waals surface area (Å²) in [5, 5.41) is 14.8. The third-order valence-electron chi connectivity index (χ3n) is 6.74. The van der Waals surface area contributed by atoms with Crippen LogP contribution in [0.4, 0.5) is 13.2 Å². The van der Waals surface area contributed by atoms with E-state index >= 15 is 0 Å². The Balaban J connectivity index is 2.26. The van der Waals surface area contributed by atoms with Crippen LogP contribution in [0, 0.1) is 17.5 Å². The summed E-state index contributed by atoms with van der Waals surface area (Å²) >= 11 is 0. The van der Waals surface area contributed by atoms with Gasteiger partial charge in [-0.05, 0) is 69.5 Å². The number of nitrogens with zero attached hydrogens (tertiary/aromatic N) is 4. The Hall–Kier alpha value is -3.28. The van der Waals surface area contributed by atoms with Gasteiger partial charge in [0.1, 0.15) is 29.6 Å². The molecule has 0 fully saturated rings. The fraction of sp³-hybridized carbons (Fsp3) is 0.464. The maximum Gasteiger partial charge on any atom is 0.251 e. The van der Waals surface area contributed by atoms with Crippen molar-refractivity contribution in [3.05, 3.63) is 71.3 Å². The molecule has 0 aliphatic heterocycles. The first-order valence-corrected chi connectivity index (χ1v) is 12.8. The fourth-order valence-electron chi connectivity index (χ4n) is 4.32. The largest absolute Gasteiger partial charge is 0.384 e. The van der Waals surface area contributed by atoms with Crippen molar-refractivity contribution >= 4 is 5.91 Å². The van der Waals surface area contributed by atoms with Gasteiger partial charge in [0, 0.05) is 19.7 Å². The zero-order chi connectivity index (χ0) is 28.9. The number of benzene rings is 2. The third-order valence-corrected chi connectivity index (χ3v) is 6.74. The molecule has 2 aromatic carbocycles. The van der Waals surface area contributed by atoms with Crippen LogP contribution in [0.3, 0.4) is 0 Å². The Morgan fingerprint density at radius 1 is 1.18 bits per heavy atom. The zero-order valence-corrected chi connectivity index (χ0v) is 22.9. The standard InChI is InChI=1S/C28H36F3N5O3/c1-6-21(32)12-13-35(27(38)17(2)37)24(28(3,4)39-5)26-33-25(22-15-20(30)10-11-23(22)31)34-36(26)16-18-8-7-9-19(29)14-18/h7-11,14-15,17,21,24,37H,6,12-13,16,32H2,1-5H3/t17-,21+,24-/m0/s1. The second-order valence-corrected chi connectivity index (χ2v) is 10.1. The summed E-state index contributed by atoms with van der Waals surface area (Å²) in [6.45, 7) is 6.94. The molecule has 0 saturated carbocycles. The van der Waals surface area contributed by atoms with E-state index in [1.165, 1.54) is 35.7 Å². The van der Waals surface area contributed by atoms with Gasteiger partial charge in [0.2, 0.25) is 0 Å². The average Bonchev–Trinajstić information content (AvgIpc) is 3.29. The van der Waals surface area contributed by atoms with Crippen LogP contribution in [0.15, 0.2) is 42.5 Å². The molecule has 8 nitrogen and oxygen atoms in total. The van der Waals surface area contributed by atoms with E-state index in [-0.39, 0.29) is 36.3 Å². The highest BCUT2D eigenvalue weighted by atomic mass is 19.1. The van der Waals surface area contributed by atoms with Crippen LogP contribution in [-0.2, 0) is 16.1 Å². The molecule has 3 rings (SSSR count). The smallest absolute Gasteiger partial charge is 0.251 e. The van der Waals surface area contributed by atoms with E-state index in [0.29, 0.717) is 18.4 Å². The number of nitrogens with two attached hydrogens (primary N) is 1. The Morgan fingerprint density at radius 3 is 2.49 bits per heavy atom. The Morgan fingerprint density at radius 2 is 1.87 bits per heavy atom. The number of aliphatic hydroxyl groups excluding tert-OH is 1. The van der Waals surface area contributed by atoms with Crippen LogP contribution in [0.25, 0.3) is 11.4 Å². The number of amides is 1. The number of ether oxygens (including phenoxy) is 1. The van der Waals surface area contributed by atoms with E-state index in [1.54, 1.807) is 26.0 Å². The van der Waals surface area contributed by atoms with Gasteiger partial charge >= 0.3 is 0 Å². The predicted molar refractivity (Wildman–Crippen MR) is 141 cm³/mol. The minimum absolute atomic E-state index is 0.0124. The molecule has 3 N–H and O–H groups in total. The van der Waals surface area contributed by atoms with Gasteiger partial charge in [0.25, 0.3) is 5.91 Å². The van der Waals surface area contributed by atoms with Crippen LogP contribution in [0.5, 0.6) is 0 Å². The van der Waals surface area contributed by atoms with E-state index < -0.39 is 41.1 Å². The van der Waals surface area contributed by atoms with E-state index in [2.05, 4.69) is 10.1 Å². The number of aromatic nitrogens is 3. The first kappa shape index (κ1) is 30.3. The molecule has 0 spiro atoms. The second kappa shape index (κ2) is 12.7. The predicted octanol–water partition coefficient (Wildman–Crippen LogP) is 4.21. The van der Waals surface area contributed by atoms with Crippen molar-refractivity contribution in [2.75, 3.05) is 13.7 Å². The van der Waals surface area contributed by atoms with Crippen molar-refractivity contribution in [2.45, 2.75) is 70.9 Å². The highest BCUT2D eigenvalue weighted by Gasteiger charge is 2.43. The maximum absolute atomic E-state index is 14.8. The first-order chi connectivity index (χ1) is 18.4. The molecular formula is C28H36F3N5O3. The molecule has 1 heterocycles. The van der Waals surface area contributed by atoms with Crippen molar-refractivity contribution < 1.29 is 27.8 Å². The SMILES string of the molecule is CC[C@@H](N)CCN(C(=O)[C@H](C)O)[C@@H](c1nc(-c2cc(F)ccc2F)nn1Cc1cccc(F)c1)C(C)(C)OC. The van der Waals surface area contributed by atoms with Crippen molar-refractivity contribution in [3.8, 4) is 11.4 Å². The van der Waals surface area contributed by atoms with Gasteiger partial charge in [0.15, 0.2) is 11.6 Å². The minimum atomic E-state index is -1.35. The maximum atomic E-state index is 14.8. The fourth-order valence-corrected chi connectivity index (χ4v) is 4.32. The first-order valence-electron chi connectivity index (χ1n) is 12.8. The van der Waals surface area contributed by atoms with Crippen molar-refractivity contribution in [1.29, 1.82) is 0 Å². The Labute approximate surface area is 226 Å². The number of methoxy groups -OCH3 is 1. The van der Waals surface area contributed by atoms with Gasteiger partial charge in [-0.3, -0.25) is 4.79 Å². The number of carbonyl (C=O) groups excluding carboxylic acids is 1. The van der Waals surface area contributed by atoms with Gasteiger partial charge in [0.05, 0.1) is 17.7 Å². The van der Waals surface area contributed by atoms with Gasteiger partial charge in [-0.25, -0.2) is 22.8 Å². The Bertz CT molecular complexity index is 1280. The lowest BCUT2D eigenvalue weighted by atomic mass is 9.94. The van der Waals surface area contributed by atoms with Crippen molar-refractivity contribution in [1.82, 2.24) is 19.7 Å². The minimum Gasteiger partial charge on any atom is -0.384 e. The van der Waals surface area contributed by atoms with Gasteiger partial charge in [-0.1, -0.05) is 19.1 Å². The van der Waals surface area contributed by atoms with E-state index in [4.69, 9.17) is 10.5 Å². The number of hydrogen-bond donors (Lipinski definition) is 2. The van der Waals surface area contributed by atoms with E-state index in [1.807, 2.05) is 6.92 Å². The van der Waals surface area contributed by atoms with Crippen LogP contribution in [-0.4, -0.2) is 62.1 Å². The number of aliphatic hydroxyl groups is 1. The van der Waals surface area contributed by atoms with Crippen molar-refractivity contribution in [2.24, 2.45) is 5.73 Å². The summed E-state index contributed by atoms with van der Waals surface area (Å²) in [7, 11) is 1.47. The summed E-state index contributed by atoms with van der Waals surface area (Å²) in [6, 6.07) is 7.65. The highest BCUT2D eigenvalue weighted by molar-refractivity contribution is 5.80. The molecule has 39 heavy (non-hydrogen) atoms. The van der Waals surface area contributed by atoms with Gasteiger partial charge in [-0.15, -0.1) is 0 Å². The molecule has 212 valence electrons. The molecule has 0 saturated heterocycles. The Kier molecular flexibility index (Phi) is 9.87. The van der Waals surface area contributed by atoms with Crippen LogP contribution in [0.1, 0.15) is 58.0 Å². The lowest BCUT2D eigenvalue weighted by Gasteiger charge is -2.41. The number of rotatable bonds is 12. The van der Waals surface area contributed by atoms with E-state index in [0.717, 1.165) is 18.2 Å². The molecule has 3 aromatic rings. The summed E-state index contributed by atoms with van der Waals surface area (Å²) in [5.41, 5.74) is 5.42. The molecule has 3 atom stereocenters. The van der Waals surface area contributed by atoms with Gasteiger partial charge < -0.3 is 20.5 Å². The number of carbonyl (C=O) groups is 1. The highest BCUT2D eigenvalue weighted by Crippen LogP contribution is 2.36. The number of halogens is 3. The molecular weight excluding hydrogens is 511 g/mol. The molecule has 0 unspecified atom stereocenters. The molecule has 1 aromatic heterocycles. The zero-order valence-electron chi connectivity index (χ0n) is 22.9. The molecule has 0 aliphatic rings. The summed E-state index contributed by atoms with van der Waals surface area (Å²) in [5.74, 6) is -2.40. The molecule has 11 heteroatoms. The summed E-state index contributed by atoms with van der Waals surface area (Å²) in [6.07, 6.45) is -0.250. The van der Waals surface area contributed by atoms with Crippen LogP contribution >= 0.6 is 0 Å². The lowest BCUT2D eigenvalue weighted by molar-refractivity contribution is -0.150. The normalized spacial score (nSPS) is 14.2. The molecule has 0 aliphatic carbocycles. The molecule has 0 bridgehead atoms. The van der Waals surface area contributed by atoms with Crippen LogP contribution in [0.2, 0.25) is 0 Å². The monoisotopic (exact) mass is 547 g/mol. The van der Waals surface area contributed by atoms with Crippen LogP contribution < -0.4 is 5.73 Å². The quantitative estimate of drug-likeness (QED) is 0.352. The summed E-state index contributed by atoms with van der Waals surface area (Å²) < 4.78 is 50.1. The van der Waals surface area contributed by atoms with E-state index in [9.17, 15) is 23.1 Å². The average molecular weight is 548 g/mol. The molecule has 0 radical (unpaired) electrons. The summed E-state index contributed by atoms with van der Waals surface area (Å²) in [4.78, 5) is 19.4. The van der Waals surface area contributed by atoms with Gasteiger partial charge in [-0.2, -0.15) is 5.10 Å². The van der Waals surface area contributed by atoms with Crippen molar-refractivity contribution in [3.63, 3.8) is 0 Å². The third kappa shape index (κ3) is 7.23. The molecule has 1 amide bonds. The number of hydrogen-bond acceptors (Lipinski definition) is 6. The lowest BCUT2D eigenvalue weighted by Crippen LogP contribution is -2.51. The second-order valence-electron chi connectivity index (χ2n) is 10.1.